The number of ketones is 2. The molecule has 2 aromatic heterocycles. The number of aryl methyl sites for hydroxylation is 1. The first-order valence-electron chi connectivity index (χ1n) is 7.24. The molecule has 2 aliphatic carbocycles. The summed E-state index contributed by atoms with van der Waals surface area (Å²) in [6, 6.07) is 4.02. The van der Waals surface area contributed by atoms with Gasteiger partial charge in [0.05, 0.1) is 10.6 Å². The average Bonchev–Trinajstić information content (AvgIpc) is 3.17. The second kappa shape index (κ2) is 4.85. The fraction of sp³-hybridized carbons (Fsp3) is 0.438. The molecule has 0 radical (unpaired) electrons. The van der Waals surface area contributed by atoms with Gasteiger partial charge < -0.3 is 0 Å². The van der Waals surface area contributed by atoms with Gasteiger partial charge in [0.1, 0.15) is 10.9 Å². The summed E-state index contributed by atoms with van der Waals surface area (Å²) in [4.78, 5) is 31.9. The van der Waals surface area contributed by atoms with Gasteiger partial charge in [0, 0.05) is 16.7 Å². The van der Waals surface area contributed by atoms with Crippen LogP contribution < -0.4 is 0 Å². The van der Waals surface area contributed by atoms with E-state index < -0.39 is 5.92 Å². The van der Waals surface area contributed by atoms with Crippen molar-refractivity contribution in [2.45, 2.75) is 32.1 Å². The Labute approximate surface area is 131 Å². The highest BCUT2D eigenvalue weighted by atomic mass is 32.1. The van der Waals surface area contributed by atoms with Crippen LogP contribution in [-0.2, 0) is 9.59 Å². The third-order valence-corrected chi connectivity index (χ3v) is 6.67. The third kappa shape index (κ3) is 2.02. The molecule has 2 fully saturated rings. The molecule has 0 aromatic carbocycles. The summed E-state index contributed by atoms with van der Waals surface area (Å²) in [5.41, 5.74) is 0.718. The largest absolute Gasteiger partial charge is 0.298 e. The molecule has 21 heavy (non-hydrogen) atoms. The van der Waals surface area contributed by atoms with Gasteiger partial charge in [-0.2, -0.15) is 0 Å². The fourth-order valence-corrected chi connectivity index (χ4v) is 5.31. The summed E-state index contributed by atoms with van der Waals surface area (Å²) < 4.78 is 0. The number of hydrogen-bond donors (Lipinski definition) is 0. The standard InChI is InChI=1S/C16H15NO2S2/c1-8-13(17-16(21-8)11-3-2-6-20-11)12-14(18)9-4-5-10(7-9)15(12)19/h2-3,6,9-10,12H,4-5,7H2,1H3/t9-,10+,12?. The van der Waals surface area contributed by atoms with Crippen molar-refractivity contribution in [1.82, 2.24) is 4.98 Å². The predicted octanol–water partition coefficient (Wildman–Crippen LogP) is 3.83. The van der Waals surface area contributed by atoms with E-state index in [1.54, 1.807) is 22.7 Å². The minimum atomic E-state index is -0.596. The normalized spacial score (nSPS) is 28.3. The molecule has 5 heteroatoms. The number of thiophene rings is 1. The molecule has 0 amide bonds. The zero-order valence-electron chi connectivity index (χ0n) is 11.7. The van der Waals surface area contributed by atoms with Gasteiger partial charge in [-0.3, -0.25) is 9.59 Å². The molecule has 1 unspecified atom stereocenters. The van der Waals surface area contributed by atoms with Crippen LogP contribution in [0.5, 0.6) is 0 Å². The summed E-state index contributed by atoms with van der Waals surface area (Å²) in [7, 11) is 0. The number of hydrogen-bond acceptors (Lipinski definition) is 5. The molecule has 108 valence electrons. The Balaban J connectivity index is 1.76. The lowest BCUT2D eigenvalue weighted by Crippen LogP contribution is -2.35. The van der Waals surface area contributed by atoms with E-state index in [0.29, 0.717) is 0 Å². The monoisotopic (exact) mass is 317 g/mol. The number of nitrogens with zero attached hydrogens (tertiary/aromatic N) is 1. The highest BCUT2D eigenvalue weighted by Crippen LogP contribution is 2.45. The molecular weight excluding hydrogens is 302 g/mol. The molecule has 3 nitrogen and oxygen atoms in total. The highest BCUT2D eigenvalue weighted by Gasteiger charge is 2.48. The minimum absolute atomic E-state index is 0.0870. The van der Waals surface area contributed by atoms with Crippen LogP contribution in [0.2, 0.25) is 0 Å². The molecule has 2 heterocycles. The number of thiazole rings is 1. The number of carbonyl (C=O) groups is 2. The maximum absolute atomic E-state index is 12.6. The Kier molecular flexibility index (Phi) is 3.08. The first kappa shape index (κ1) is 13.3. The van der Waals surface area contributed by atoms with Gasteiger partial charge in [0.25, 0.3) is 0 Å². The molecular formula is C16H15NO2S2. The van der Waals surface area contributed by atoms with E-state index in [-0.39, 0.29) is 23.4 Å². The molecule has 2 aromatic rings. The maximum Gasteiger partial charge on any atom is 0.152 e. The molecule has 0 saturated heterocycles. The van der Waals surface area contributed by atoms with E-state index in [0.717, 1.165) is 39.7 Å². The van der Waals surface area contributed by atoms with Crippen molar-refractivity contribution in [3.63, 3.8) is 0 Å². The van der Waals surface area contributed by atoms with Crippen molar-refractivity contribution in [3.8, 4) is 9.88 Å². The summed E-state index contributed by atoms with van der Waals surface area (Å²) >= 11 is 3.23. The van der Waals surface area contributed by atoms with Gasteiger partial charge >= 0.3 is 0 Å². The minimum Gasteiger partial charge on any atom is -0.298 e. The Morgan fingerprint density at radius 2 is 1.90 bits per heavy atom. The number of aromatic nitrogens is 1. The van der Waals surface area contributed by atoms with E-state index >= 15 is 0 Å². The summed E-state index contributed by atoms with van der Waals surface area (Å²) in [5, 5.41) is 2.94. The van der Waals surface area contributed by atoms with Gasteiger partial charge in [-0.1, -0.05) is 6.07 Å². The Bertz CT molecular complexity index is 695. The van der Waals surface area contributed by atoms with Gasteiger partial charge in [0.2, 0.25) is 0 Å². The SMILES string of the molecule is Cc1sc(-c2cccs2)nc1C1C(=O)[C@@H]2CC[C@@H](C2)C1=O. The van der Waals surface area contributed by atoms with Gasteiger partial charge in [-0.05, 0) is 37.6 Å². The van der Waals surface area contributed by atoms with E-state index in [4.69, 9.17) is 0 Å². The van der Waals surface area contributed by atoms with E-state index in [2.05, 4.69) is 4.98 Å². The van der Waals surface area contributed by atoms with Crippen molar-refractivity contribution in [2.24, 2.45) is 11.8 Å². The van der Waals surface area contributed by atoms with E-state index in [1.165, 1.54) is 0 Å². The lowest BCUT2D eigenvalue weighted by atomic mass is 9.77. The molecule has 2 aliphatic rings. The van der Waals surface area contributed by atoms with Gasteiger partial charge in [-0.15, -0.1) is 22.7 Å². The van der Waals surface area contributed by atoms with Crippen LogP contribution >= 0.6 is 22.7 Å². The number of fused-ring (bicyclic) bond motifs is 2. The molecule has 2 saturated carbocycles. The number of rotatable bonds is 2. The number of carbonyl (C=O) groups excluding carboxylic acids is 2. The maximum atomic E-state index is 12.6. The Hall–Kier alpha value is -1.33. The van der Waals surface area contributed by atoms with Crippen molar-refractivity contribution in [1.29, 1.82) is 0 Å². The third-order valence-electron chi connectivity index (χ3n) is 4.64. The quantitative estimate of drug-likeness (QED) is 0.791. The summed E-state index contributed by atoms with van der Waals surface area (Å²) in [6.07, 6.45) is 2.54. The second-order valence-corrected chi connectivity index (χ2v) is 8.03. The molecule has 2 bridgehead atoms. The summed E-state index contributed by atoms with van der Waals surface area (Å²) in [5.74, 6) is -0.200. The summed E-state index contributed by atoms with van der Waals surface area (Å²) in [6.45, 7) is 1.97. The molecule has 4 rings (SSSR count). The van der Waals surface area contributed by atoms with Crippen molar-refractivity contribution in [2.75, 3.05) is 0 Å². The fourth-order valence-electron chi connectivity index (χ4n) is 3.56. The van der Waals surface area contributed by atoms with Crippen LogP contribution in [0, 0.1) is 18.8 Å². The predicted molar refractivity (Wildman–Crippen MR) is 83.8 cm³/mol. The molecule has 3 atom stereocenters. The van der Waals surface area contributed by atoms with Crippen LogP contribution in [0.25, 0.3) is 9.88 Å². The zero-order chi connectivity index (χ0) is 14.6. The van der Waals surface area contributed by atoms with Crippen LogP contribution in [0.3, 0.4) is 0 Å². The van der Waals surface area contributed by atoms with Crippen LogP contribution in [0.1, 0.15) is 35.8 Å². The smallest absolute Gasteiger partial charge is 0.152 e. The molecule has 0 spiro atoms. The van der Waals surface area contributed by atoms with Crippen molar-refractivity contribution in [3.05, 3.63) is 28.1 Å². The molecule has 0 aliphatic heterocycles. The average molecular weight is 317 g/mol. The first-order chi connectivity index (χ1) is 10.1. The van der Waals surface area contributed by atoms with Crippen molar-refractivity contribution < 1.29 is 9.59 Å². The van der Waals surface area contributed by atoms with Crippen LogP contribution in [0.15, 0.2) is 17.5 Å². The van der Waals surface area contributed by atoms with Gasteiger partial charge in [0.15, 0.2) is 11.6 Å². The lowest BCUT2D eigenvalue weighted by Gasteiger charge is -2.24. The van der Waals surface area contributed by atoms with E-state index in [1.807, 2.05) is 24.4 Å². The zero-order valence-corrected chi connectivity index (χ0v) is 13.3. The second-order valence-electron chi connectivity index (χ2n) is 5.88. The van der Waals surface area contributed by atoms with Crippen LogP contribution in [0.4, 0.5) is 0 Å². The van der Waals surface area contributed by atoms with Crippen LogP contribution in [-0.4, -0.2) is 16.6 Å². The topological polar surface area (TPSA) is 47.0 Å². The van der Waals surface area contributed by atoms with E-state index in [9.17, 15) is 9.59 Å². The molecule has 0 N–H and O–H groups in total. The Morgan fingerprint density at radius 3 is 2.52 bits per heavy atom. The highest BCUT2D eigenvalue weighted by molar-refractivity contribution is 7.21. The first-order valence-corrected chi connectivity index (χ1v) is 8.93. The van der Waals surface area contributed by atoms with Gasteiger partial charge in [-0.25, -0.2) is 4.98 Å². The van der Waals surface area contributed by atoms with Crippen molar-refractivity contribution >= 4 is 34.2 Å². The number of Topliss-reactive ketones (excluding diaryl/α,β-unsaturated/α-hetero) is 2. The lowest BCUT2D eigenvalue weighted by molar-refractivity contribution is -0.136. The Morgan fingerprint density at radius 1 is 1.19 bits per heavy atom.